The van der Waals surface area contributed by atoms with Crippen LogP contribution in [0.3, 0.4) is 0 Å². The minimum atomic E-state index is -0.0618. The maximum absolute atomic E-state index is 12.6. The molecule has 0 saturated heterocycles. The predicted octanol–water partition coefficient (Wildman–Crippen LogP) is 4.53. The van der Waals surface area contributed by atoms with Gasteiger partial charge in [0.2, 0.25) is 0 Å². The van der Waals surface area contributed by atoms with Crippen molar-refractivity contribution in [2.45, 2.75) is 33.1 Å². The second kappa shape index (κ2) is 7.26. The van der Waals surface area contributed by atoms with Gasteiger partial charge in [0.05, 0.1) is 18.6 Å². The standard InChI is InChI=1S/C19H23NO3S/c1-4-23-15-7-6-14(11-16(15)22-3)20-19(21)18-10-13-9-12(2)5-8-17(13)24-18/h6-7,10-12H,4-5,8-9H2,1-3H3,(H,20,21)/t12-/m0/s1. The Balaban J connectivity index is 1.75. The molecule has 1 N–H and O–H groups in total. The summed E-state index contributed by atoms with van der Waals surface area (Å²) in [5.41, 5.74) is 2.05. The highest BCUT2D eigenvalue weighted by atomic mass is 32.1. The molecule has 1 aromatic carbocycles. The van der Waals surface area contributed by atoms with Crippen LogP contribution in [0.4, 0.5) is 5.69 Å². The molecule has 128 valence electrons. The second-order valence-electron chi connectivity index (χ2n) is 6.16. The fraction of sp³-hybridized carbons (Fsp3) is 0.421. The molecule has 1 atom stereocenters. The van der Waals surface area contributed by atoms with Crippen LogP contribution < -0.4 is 14.8 Å². The van der Waals surface area contributed by atoms with Gasteiger partial charge in [-0.25, -0.2) is 0 Å². The number of carbonyl (C=O) groups is 1. The average Bonchev–Trinajstić information content (AvgIpc) is 2.99. The highest BCUT2D eigenvalue weighted by molar-refractivity contribution is 7.14. The van der Waals surface area contributed by atoms with E-state index in [1.165, 1.54) is 16.9 Å². The van der Waals surface area contributed by atoms with Crippen molar-refractivity contribution in [3.8, 4) is 11.5 Å². The van der Waals surface area contributed by atoms with E-state index >= 15 is 0 Å². The molecule has 2 aromatic rings. The SMILES string of the molecule is CCOc1ccc(NC(=O)c2cc3c(s2)CC[C@H](C)C3)cc1OC. The van der Waals surface area contributed by atoms with E-state index in [0.717, 1.165) is 17.7 Å². The molecule has 3 rings (SSSR count). The fourth-order valence-corrected chi connectivity index (χ4v) is 4.13. The van der Waals surface area contributed by atoms with Crippen LogP contribution in [0, 0.1) is 5.92 Å². The Kier molecular flexibility index (Phi) is 5.09. The lowest BCUT2D eigenvalue weighted by molar-refractivity contribution is 0.103. The molecule has 5 heteroatoms. The van der Waals surface area contributed by atoms with Crippen LogP contribution in [0.2, 0.25) is 0 Å². The summed E-state index contributed by atoms with van der Waals surface area (Å²) < 4.78 is 10.8. The highest BCUT2D eigenvalue weighted by Crippen LogP contribution is 2.33. The number of hydrogen-bond donors (Lipinski definition) is 1. The minimum Gasteiger partial charge on any atom is -0.493 e. The molecule has 1 heterocycles. The Morgan fingerprint density at radius 1 is 1.33 bits per heavy atom. The number of benzene rings is 1. The Labute approximate surface area is 146 Å². The zero-order chi connectivity index (χ0) is 17.1. The maximum Gasteiger partial charge on any atom is 0.265 e. The Hall–Kier alpha value is -2.01. The van der Waals surface area contributed by atoms with Crippen LogP contribution in [0.5, 0.6) is 11.5 Å². The van der Waals surface area contributed by atoms with Crippen molar-refractivity contribution >= 4 is 22.9 Å². The fourth-order valence-electron chi connectivity index (χ4n) is 3.03. The van der Waals surface area contributed by atoms with Crippen LogP contribution in [-0.4, -0.2) is 19.6 Å². The maximum atomic E-state index is 12.6. The summed E-state index contributed by atoms with van der Waals surface area (Å²) in [6.45, 7) is 4.77. The topological polar surface area (TPSA) is 47.6 Å². The molecule has 0 aliphatic heterocycles. The second-order valence-corrected chi connectivity index (χ2v) is 7.30. The van der Waals surface area contributed by atoms with Gasteiger partial charge in [-0.1, -0.05) is 6.92 Å². The van der Waals surface area contributed by atoms with Gasteiger partial charge in [0.1, 0.15) is 0 Å². The van der Waals surface area contributed by atoms with E-state index in [2.05, 4.69) is 18.3 Å². The molecule has 1 aliphatic carbocycles. The number of hydrogen-bond acceptors (Lipinski definition) is 4. The molecule has 0 saturated carbocycles. The number of ether oxygens (including phenoxy) is 2. The zero-order valence-electron chi connectivity index (χ0n) is 14.3. The Morgan fingerprint density at radius 2 is 2.17 bits per heavy atom. The van der Waals surface area contributed by atoms with Crippen LogP contribution in [-0.2, 0) is 12.8 Å². The first-order chi connectivity index (χ1) is 11.6. The van der Waals surface area contributed by atoms with Crippen LogP contribution >= 0.6 is 11.3 Å². The largest absolute Gasteiger partial charge is 0.493 e. The molecule has 0 bridgehead atoms. The number of thiophene rings is 1. The van der Waals surface area contributed by atoms with Gasteiger partial charge in [-0.05, 0) is 55.9 Å². The molecule has 0 radical (unpaired) electrons. The number of carbonyl (C=O) groups excluding carboxylic acids is 1. The van der Waals surface area contributed by atoms with Crippen molar-refractivity contribution in [2.24, 2.45) is 5.92 Å². The summed E-state index contributed by atoms with van der Waals surface area (Å²) in [6, 6.07) is 7.50. The van der Waals surface area contributed by atoms with Gasteiger partial charge in [0.15, 0.2) is 11.5 Å². The molecule has 0 spiro atoms. The van der Waals surface area contributed by atoms with Gasteiger partial charge in [0.25, 0.3) is 5.91 Å². The van der Waals surface area contributed by atoms with Crippen LogP contribution in [0.1, 0.15) is 40.4 Å². The number of amides is 1. The van der Waals surface area contributed by atoms with Crippen molar-refractivity contribution in [1.82, 2.24) is 0 Å². The normalized spacial score (nSPS) is 16.4. The van der Waals surface area contributed by atoms with E-state index in [1.807, 2.05) is 19.1 Å². The molecule has 1 amide bonds. The smallest absolute Gasteiger partial charge is 0.265 e. The van der Waals surface area contributed by atoms with Crippen molar-refractivity contribution in [1.29, 1.82) is 0 Å². The third-order valence-corrected chi connectivity index (χ3v) is 5.51. The van der Waals surface area contributed by atoms with Gasteiger partial charge in [-0.3, -0.25) is 4.79 Å². The summed E-state index contributed by atoms with van der Waals surface area (Å²) in [4.78, 5) is 14.7. The molecule has 1 aliphatic rings. The summed E-state index contributed by atoms with van der Waals surface area (Å²) in [6.07, 6.45) is 3.38. The molecule has 4 nitrogen and oxygen atoms in total. The number of rotatable bonds is 5. The lowest BCUT2D eigenvalue weighted by Gasteiger charge is -2.16. The lowest BCUT2D eigenvalue weighted by atomic mass is 9.90. The van der Waals surface area contributed by atoms with E-state index < -0.39 is 0 Å². The molecule has 24 heavy (non-hydrogen) atoms. The number of fused-ring (bicyclic) bond motifs is 1. The van der Waals surface area contributed by atoms with Gasteiger partial charge in [0, 0.05) is 16.6 Å². The third kappa shape index (κ3) is 3.56. The van der Waals surface area contributed by atoms with Crippen molar-refractivity contribution in [3.05, 3.63) is 39.6 Å². The van der Waals surface area contributed by atoms with Crippen molar-refractivity contribution in [2.75, 3.05) is 19.0 Å². The van der Waals surface area contributed by atoms with E-state index in [-0.39, 0.29) is 5.91 Å². The summed E-state index contributed by atoms with van der Waals surface area (Å²) >= 11 is 1.62. The summed E-state index contributed by atoms with van der Waals surface area (Å²) in [5, 5.41) is 2.96. The van der Waals surface area contributed by atoms with E-state index in [1.54, 1.807) is 24.5 Å². The first-order valence-electron chi connectivity index (χ1n) is 8.34. The average molecular weight is 345 g/mol. The number of anilines is 1. The number of nitrogens with one attached hydrogen (secondary N) is 1. The van der Waals surface area contributed by atoms with Gasteiger partial charge in [-0.2, -0.15) is 0 Å². The van der Waals surface area contributed by atoms with Crippen molar-refractivity contribution < 1.29 is 14.3 Å². The van der Waals surface area contributed by atoms with Crippen LogP contribution in [0.15, 0.2) is 24.3 Å². The summed E-state index contributed by atoms with van der Waals surface area (Å²) in [7, 11) is 1.60. The molecule has 0 unspecified atom stereocenters. The van der Waals surface area contributed by atoms with Gasteiger partial charge in [-0.15, -0.1) is 11.3 Å². The van der Waals surface area contributed by atoms with Gasteiger partial charge >= 0.3 is 0 Å². The predicted molar refractivity (Wildman–Crippen MR) is 97.6 cm³/mol. The van der Waals surface area contributed by atoms with Crippen molar-refractivity contribution in [3.63, 3.8) is 0 Å². The lowest BCUT2D eigenvalue weighted by Crippen LogP contribution is -2.10. The first kappa shape index (κ1) is 16.8. The van der Waals surface area contributed by atoms with Gasteiger partial charge < -0.3 is 14.8 Å². The van der Waals surface area contributed by atoms with Crippen LogP contribution in [0.25, 0.3) is 0 Å². The highest BCUT2D eigenvalue weighted by Gasteiger charge is 2.21. The minimum absolute atomic E-state index is 0.0618. The first-order valence-corrected chi connectivity index (χ1v) is 9.16. The van der Waals surface area contributed by atoms with E-state index in [4.69, 9.17) is 9.47 Å². The Morgan fingerprint density at radius 3 is 2.92 bits per heavy atom. The number of methoxy groups -OCH3 is 1. The van der Waals surface area contributed by atoms with E-state index in [0.29, 0.717) is 29.7 Å². The number of aryl methyl sites for hydroxylation is 1. The zero-order valence-corrected chi connectivity index (χ0v) is 15.2. The third-order valence-electron chi connectivity index (χ3n) is 4.27. The summed E-state index contributed by atoms with van der Waals surface area (Å²) in [5.74, 6) is 1.94. The monoisotopic (exact) mass is 345 g/mol. The molecule has 0 fully saturated rings. The molecular formula is C19H23NO3S. The Bertz CT molecular complexity index is 738. The molecular weight excluding hydrogens is 322 g/mol. The molecule has 1 aromatic heterocycles. The quantitative estimate of drug-likeness (QED) is 0.866. The van der Waals surface area contributed by atoms with E-state index in [9.17, 15) is 4.79 Å².